The summed E-state index contributed by atoms with van der Waals surface area (Å²) in [7, 11) is 3.63. The van der Waals surface area contributed by atoms with Crippen LogP contribution in [0.1, 0.15) is 42.3 Å². The number of benzene rings is 2. The molecule has 3 rings (SSSR count). The maximum atomic E-state index is 12.4. The van der Waals surface area contributed by atoms with Crippen molar-refractivity contribution in [1.82, 2.24) is 5.43 Å². The van der Waals surface area contributed by atoms with Crippen molar-refractivity contribution in [2.75, 3.05) is 19.1 Å². The number of nitrogens with one attached hydrogen (secondary N) is 1. The van der Waals surface area contributed by atoms with Crippen molar-refractivity contribution in [3.8, 4) is 5.75 Å². The number of rotatable bonds is 4. The zero-order valence-electron chi connectivity index (χ0n) is 16.7. The highest BCUT2D eigenvalue weighted by Crippen LogP contribution is 2.37. The third-order valence-electron chi connectivity index (χ3n) is 5.03. The molecule has 0 fully saturated rings. The molecular weight excluding hydrogens is 418 g/mol. The quantitative estimate of drug-likeness (QED) is 0.544. The van der Waals surface area contributed by atoms with Gasteiger partial charge in [0.2, 0.25) is 0 Å². The van der Waals surface area contributed by atoms with E-state index >= 15 is 0 Å². The van der Waals surface area contributed by atoms with Crippen LogP contribution < -0.4 is 15.1 Å². The predicted octanol–water partition coefficient (Wildman–Crippen LogP) is 4.85. The van der Waals surface area contributed by atoms with Crippen molar-refractivity contribution in [3.63, 3.8) is 0 Å². The van der Waals surface area contributed by atoms with Crippen LogP contribution in [-0.2, 0) is 0 Å². The van der Waals surface area contributed by atoms with Crippen LogP contribution in [0.25, 0.3) is 5.57 Å². The Morgan fingerprint density at radius 3 is 2.71 bits per heavy atom. The Labute approximate surface area is 174 Å². The first-order chi connectivity index (χ1) is 13.2. The number of hydrazone groups is 1. The summed E-state index contributed by atoms with van der Waals surface area (Å²) in [5, 5.41) is 4.12. The maximum Gasteiger partial charge on any atom is 0.275 e. The van der Waals surface area contributed by atoms with Crippen LogP contribution in [-0.4, -0.2) is 31.8 Å². The second-order valence-corrected chi connectivity index (χ2v) is 8.28. The molecular formula is C22H24BrN3O2. The standard InChI is InChI=1S/C22H24BrN3O2/c1-14-12-22(2,3)26(4)19-8-6-15(10-17(14)19)13-24-25-21(27)18-11-16(23)7-9-20(18)28-5/h6-13H,1-5H3,(H,25,27)/b24-13-. The molecule has 6 heteroatoms. The lowest BCUT2D eigenvalue weighted by Gasteiger charge is -2.40. The number of methoxy groups -OCH3 is 1. The minimum absolute atomic E-state index is 0.0241. The number of halogens is 1. The van der Waals surface area contributed by atoms with Gasteiger partial charge in [-0.2, -0.15) is 5.10 Å². The number of nitrogens with zero attached hydrogens (tertiary/aromatic N) is 2. The third kappa shape index (κ3) is 3.97. The van der Waals surface area contributed by atoms with E-state index in [-0.39, 0.29) is 11.4 Å². The molecule has 0 aromatic heterocycles. The minimum Gasteiger partial charge on any atom is -0.496 e. The minimum atomic E-state index is -0.329. The molecule has 28 heavy (non-hydrogen) atoms. The highest BCUT2D eigenvalue weighted by atomic mass is 79.9. The molecule has 0 unspecified atom stereocenters. The second kappa shape index (κ2) is 7.80. The lowest BCUT2D eigenvalue weighted by Crippen LogP contribution is -2.42. The molecule has 5 nitrogen and oxygen atoms in total. The molecule has 1 heterocycles. The third-order valence-corrected chi connectivity index (χ3v) is 5.52. The molecule has 0 saturated carbocycles. The van der Waals surface area contributed by atoms with Gasteiger partial charge in [0.25, 0.3) is 5.91 Å². The number of allylic oxidation sites excluding steroid dienone is 1. The monoisotopic (exact) mass is 441 g/mol. The molecule has 1 amide bonds. The molecule has 1 aliphatic rings. The number of carbonyl (C=O) groups excluding carboxylic acids is 1. The molecule has 0 bridgehead atoms. The Kier molecular flexibility index (Phi) is 5.61. The van der Waals surface area contributed by atoms with Crippen molar-refractivity contribution in [2.45, 2.75) is 26.3 Å². The highest BCUT2D eigenvalue weighted by molar-refractivity contribution is 9.10. The molecule has 0 aliphatic carbocycles. The fourth-order valence-electron chi connectivity index (χ4n) is 3.34. The van der Waals surface area contributed by atoms with Crippen LogP contribution >= 0.6 is 15.9 Å². The number of amides is 1. The van der Waals surface area contributed by atoms with Crippen LogP contribution in [0.3, 0.4) is 0 Å². The Balaban J connectivity index is 1.79. The van der Waals surface area contributed by atoms with Crippen LogP contribution in [0.15, 0.2) is 52.0 Å². The normalized spacial score (nSPS) is 15.2. The molecule has 0 spiro atoms. The first-order valence-electron chi connectivity index (χ1n) is 8.97. The maximum absolute atomic E-state index is 12.4. The summed E-state index contributed by atoms with van der Waals surface area (Å²) >= 11 is 3.37. The fourth-order valence-corrected chi connectivity index (χ4v) is 3.70. The van der Waals surface area contributed by atoms with Crippen LogP contribution in [0, 0.1) is 0 Å². The lowest BCUT2D eigenvalue weighted by atomic mass is 9.89. The van der Waals surface area contributed by atoms with Crippen molar-refractivity contribution in [2.24, 2.45) is 5.10 Å². The fraction of sp³-hybridized carbons (Fsp3) is 0.273. The average Bonchev–Trinajstić information content (AvgIpc) is 2.66. The number of hydrogen-bond donors (Lipinski definition) is 1. The van der Waals surface area contributed by atoms with Gasteiger partial charge in [0.1, 0.15) is 5.75 Å². The van der Waals surface area contributed by atoms with Crippen LogP contribution in [0.2, 0.25) is 0 Å². The SMILES string of the molecule is COc1ccc(Br)cc1C(=O)N/N=C\c1ccc2c(c1)C(C)=CC(C)(C)N2C. The van der Waals surface area contributed by atoms with E-state index in [0.29, 0.717) is 11.3 Å². The first-order valence-corrected chi connectivity index (χ1v) is 9.77. The van der Waals surface area contributed by atoms with E-state index in [4.69, 9.17) is 4.74 Å². The average molecular weight is 442 g/mol. The summed E-state index contributed by atoms with van der Waals surface area (Å²) in [5.74, 6) is 0.168. The van der Waals surface area contributed by atoms with Gasteiger partial charge >= 0.3 is 0 Å². The molecule has 2 aromatic carbocycles. The second-order valence-electron chi connectivity index (χ2n) is 7.36. The predicted molar refractivity (Wildman–Crippen MR) is 118 cm³/mol. The van der Waals surface area contributed by atoms with Crippen LogP contribution in [0.5, 0.6) is 5.75 Å². The Morgan fingerprint density at radius 1 is 1.25 bits per heavy atom. The number of ether oxygens (including phenoxy) is 1. The van der Waals surface area contributed by atoms with Gasteiger partial charge in [0.15, 0.2) is 0 Å². The van der Waals surface area contributed by atoms with Crippen molar-refractivity contribution >= 4 is 39.3 Å². The lowest BCUT2D eigenvalue weighted by molar-refractivity contribution is 0.0952. The van der Waals surface area contributed by atoms with Gasteiger partial charge in [0.05, 0.1) is 24.4 Å². The number of hydrogen-bond acceptors (Lipinski definition) is 4. The van der Waals surface area contributed by atoms with Gasteiger partial charge in [-0.1, -0.05) is 28.1 Å². The Morgan fingerprint density at radius 2 is 2.00 bits per heavy atom. The number of fused-ring (bicyclic) bond motifs is 1. The van der Waals surface area contributed by atoms with Crippen molar-refractivity contribution < 1.29 is 9.53 Å². The molecule has 146 valence electrons. The summed E-state index contributed by atoms with van der Waals surface area (Å²) in [6, 6.07) is 11.4. The van der Waals surface area contributed by atoms with E-state index in [1.54, 1.807) is 18.3 Å². The van der Waals surface area contributed by atoms with Crippen molar-refractivity contribution in [3.05, 3.63) is 63.6 Å². The molecule has 0 atom stereocenters. The number of likely N-dealkylation sites (N-methyl/N-ethyl adjacent to an activating group) is 1. The Hall–Kier alpha value is -2.60. The largest absolute Gasteiger partial charge is 0.496 e. The van der Waals surface area contributed by atoms with E-state index < -0.39 is 0 Å². The zero-order chi connectivity index (χ0) is 20.5. The molecule has 1 aliphatic heterocycles. The Bertz CT molecular complexity index is 980. The molecule has 0 saturated heterocycles. The van der Waals surface area contributed by atoms with Gasteiger partial charge in [-0.25, -0.2) is 5.43 Å². The summed E-state index contributed by atoms with van der Waals surface area (Å²) in [4.78, 5) is 14.7. The highest BCUT2D eigenvalue weighted by Gasteiger charge is 2.28. The zero-order valence-corrected chi connectivity index (χ0v) is 18.3. The van der Waals surface area contributed by atoms with E-state index in [0.717, 1.165) is 10.0 Å². The van der Waals surface area contributed by atoms with E-state index in [9.17, 15) is 4.79 Å². The van der Waals surface area contributed by atoms with Gasteiger partial charge in [0, 0.05) is 22.8 Å². The van der Waals surface area contributed by atoms with Gasteiger partial charge in [-0.3, -0.25) is 4.79 Å². The summed E-state index contributed by atoms with van der Waals surface area (Å²) in [6.45, 7) is 6.51. The molecule has 2 aromatic rings. The van der Waals surface area contributed by atoms with Crippen molar-refractivity contribution in [1.29, 1.82) is 0 Å². The van der Waals surface area contributed by atoms with Gasteiger partial charge < -0.3 is 9.64 Å². The topological polar surface area (TPSA) is 53.9 Å². The van der Waals surface area contributed by atoms with Gasteiger partial charge in [-0.15, -0.1) is 0 Å². The van der Waals surface area contributed by atoms with Crippen LogP contribution in [0.4, 0.5) is 5.69 Å². The summed E-state index contributed by atoms with van der Waals surface area (Å²) < 4.78 is 6.04. The molecule has 0 radical (unpaired) electrons. The van der Waals surface area contributed by atoms with E-state index in [1.165, 1.54) is 23.9 Å². The molecule has 1 N–H and O–H groups in total. The summed E-state index contributed by atoms with van der Waals surface area (Å²) in [6.07, 6.45) is 3.91. The van der Waals surface area contributed by atoms with Gasteiger partial charge in [-0.05, 0) is 62.2 Å². The first kappa shape index (κ1) is 20.1. The number of anilines is 1. The smallest absolute Gasteiger partial charge is 0.275 e. The van der Waals surface area contributed by atoms with E-state index in [1.807, 2.05) is 12.1 Å². The summed E-state index contributed by atoms with van der Waals surface area (Å²) in [5.41, 5.74) is 7.47. The van der Waals surface area contributed by atoms with E-state index in [2.05, 4.69) is 77.4 Å². The number of carbonyl (C=O) groups is 1.